The van der Waals surface area contributed by atoms with Crippen LogP contribution in [0, 0.1) is 0 Å². The summed E-state index contributed by atoms with van der Waals surface area (Å²) in [6.45, 7) is 2.06. The number of nitrogens with one attached hydrogen (secondary N) is 1. The van der Waals surface area contributed by atoms with Crippen molar-refractivity contribution < 1.29 is 47.8 Å². The number of rotatable bonds is 27. The lowest BCUT2D eigenvalue weighted by Crippen LogP contribution is -2.43. The van der Waals surface area contributed by atoms with Crippen LogP contribution in [0.5, 0.6) is 0 Å². The minimum Gasteiger partial charge on any atom is -0.480 e. The van der Waals surface area contributed by atoms with E-state index >= 15 is 0 Å². The zero-order valence-electron chi connectivity index (χ0n) is 26.6. The van der Waals surface area contributed by atoms with Gasteiger partial charge in [0.05, 0.1) is 13.2 Å². The maximum absolute atomic E-state index is 12.1. The summed E-state index contributed by atoms with van der Waals surface area (Å²) in [5.41, 5.74) is 0. The molecule has 0 aliphatic rings. The van der Waals surface area contributed by atoms with Crippen LogP contribution in [0.2, 0.25) is 0 Å². The highest BCUT2D eigenvalue weighted by molar-refractivity contribution is 7.47. The van der Waals surface area contributed by atoms with Crippen LogP contribution in [0.15, 0.2) is 72.9 Å². The molecule has 3 atom stereocenters. The smallest absolute Gasteiger partial charge is 0.472 e. The van der Waals surface area contributed by atoms with Crippen LogP contribution in [0.1, 0.15) is 84.5 Å². The third-order valence-electron chi connectivity index (χ3n) is 5.77. The number of aliphatic carboxylic acids is 1. The number of carboxylic acids is 1. The second kappa shape index (κ2) is 28.4. The molecule has 0 rings (SSSR count). The minimum atomic E-state index is -4.75. The number of carbonyl (C=O) groups excluding carboxylic acids is 2. The average Bonchev–Trinajstić information content (AvgIpc) is 3.01. The number of carboxylic acid groups (broad SMARTS) is 1. The summed E-state index contributed by atoms with van der Waals surface area (Å²) < 4.78 is 26.2. The summed E-state index contributed by atoms with van der Waals surface area (Å²) in [6.07, 6.45) is 31.0. The van der Waals surface area contributed by atoms with Crippen molar-refractivity contribution in [3.05, 3.63) is 72.9 Å². The van der Waals surface area contributed by atoms with Gasteiger partial charge in [-0.15, -0.1) is 0 Å². The number of hydrogen-bond acceptors (Lipinski definition) is 8. The first-order valence-corrected chi connectivity index (χ1v) is 17.0. The van der Waals surface area contributed by atoms with Crippen molar-refractivity contribution in [2.75, 3.05) is 19.8 Å². The van der Waals surface area contributed by atoms with Crippen molar-refractivity contribution in [2.45, 2.75) is 96.6 Å². The summed E-state index contributed by atoms with van der Waals surface area (Å²) in [4.78, 5) is 44.8. The van der Waals surface area contributed by atoms with Gasteiger partial charge in [-0.2, -0.15) is 0 Å². The molecule has 0 heterocycles. The summed E-state index contributed by atoms with van der Waals surface area (Å²) in [7, 11) is -4.75. The van der Waals surface area contributed by atoms with Crippen LogP contribution in [-0.4, -0.2) is 64.9 Å². The molecule has 0 radical (unpaired) electrons. The van der Waals surface area contributed by atoms with Gasteiger partial charge in [0, 0.05) is 12.8 Å². The molecule has 0 aromatic rings. The molecule has 12 heteroatoms. The maximum Gasteiger partial charge on any atom is 0.472 e. The molecule has 11 nitrogen and oxygen atoms in total. The number of phosphoric acid groups is 1. The Morgan fingerprint density at radius 1 is 0.733 bits per heavy atom. The molecule has 4 N–H and O–H groups in total. The second-order valence-corrected chi connectivity index (χ2v) is 11.4. The Morgan fingerprint density at radius 2 is 1.22 bits per heavy atom. The summed E-state index contributed by atoms with van der Waals surface area (Å²) in [5.74, 6) is -2.55. The lowest BCUT2D eigenvalue weighted by molar-refractivity contribution is -0.147. The van der Waals surface area contributed by atoms with Gasteiger partial charge in [-0.05, 0) is 51.4 Å². The molecule has 0 aliphatic carbocycles. The Morgan fingerprint density at radius 3 is 1.71 bits per heavy atom. The molecule has 3 unspecified atom stereocenters. The largest absolute Gasteiger partial charge is 0.480 e. The first-order valence-electron chi connectivity index (χ1n) is 15.5. The van der Waals surface area contributed by atoms with E-state index in [1.807, 2.05) is 25.2 Å². The van der Waals surface area contributed by atoms with Crippen molar-refractivity contribution >= 4 is 25.7 Å². The fourth-order valence-electron chi connectivity index (χ4n) is 3.31. The van der Waals surface area contributed by atoms with Gasteiger partial charge in [-0.3, -0.25) is 18.6 Å². The number of carbonyl (C=O) groups is 3. The van der Waals surface area contributed by atoms with E-state index in [4.69, 9.17) is 4.74 Å². The Kier molecular flexibility index (Phi) is 26.5. The Labute approximate surface area is 268 Å². The number of hydrogen-bond donors (Lipinski definition) is 4. The number of allylic oxidation sites excluding steroid dienone is 12. The molecule has 1 amide bonds. The molecule has 0 spiro atoms. The van der Waals surface area contributed by atoms with Crippen LogP contribution < -0.4 is 5.32 Å². The van der Waals surface area contributed by atoms with E-state index in [0.29, 0.717) is 19.3 Å². The lowest BCUT2D eigenvalue weighted by Gasteiger charge is -2.18. The molecule has 0 saturated carbocycles. The lowest BCUT2D eigenvalue weighted by atomic mass is 10.2. The average molecular weight is 654 g/mol. The van der Waals surface area contributed by atoms with Gasteiger partial charge in [0.25, 0.3) is 0 Å². The third kappa shape index (κ3) is 28.2. The van der Waals surface area contributed by atoms with E-state index in [1.54, 1.807) is 0 Å². The monoisotopic (exact) mass is 653 g/mol. The number of amides is 1. The Balaban J connectivity index is 4.16. The normalized spacial score (nSPS) is 15.1. The predicted octanol–water partition coefficient (Wildman–Crippen LogP) is 6.26. The van der Waals surface area contributed by atoms with Crippen molar-refractivity contribution in [1.29, 1.82) is 0 Å². The molecule has 0 aliphatic heterocycles. The van der Waals surface area contributed by atoms with Gasteiger partial charge < -0.3 is 25.2 Å². The fraction of sp³-hybridized carbons (Fsp3) is 0.545. The van der Waals surface area contributed by atoms with E-state index in [0.717, 1.165) is 38.5 Å². The number of ether oxygens (including phenoxy) is 1. The van der Waals surface area contributed by atoms with E-state index in [-0.39, 0.29) is 12.8 Å². The van der Waals surface area contributed by atoms with Gasteiger partial charge in [-0.25, -0.2) is 9.36 Å². The van der Waals surface area contributed by atoms with Gasteiger partial charge in [0.2, 0.25) is 5.91 Å². The molecule has 0 aromatic carbocycles. The summed E-state index contributed by atoms with van der Waals surface area (Å²) in [5, 5.41) is 21.3. The van der Waals surface area contributed by atoms with E-state index < -0.39 is 57.6 Å². The van der Waals surface area contributed by atoms with Crippen molar-refractivity contribution in [1.82, 2.24) is 5.32 Å². The zero-order chi connectivity index (χ0) is 33.6. The number of unbranched alkanes of at least 4 members (excludes halogenated alkanes) is 1. The van der Waals surface area contributed by atoms with Crippen LogP contribution >= 0.6 is 7.82 Å². The second-order valence-electron chi connectivity index (χ2n) is 9.91. The fourth-order valence-corrected chi connectivity index (χ4v) is 4.08. The molecule has 0 fully saturated rings. The van der Waals surface area contributed by atoms with Crippen LogP contribution in [-0.2, 0) is 32.7 Å². The topological polar surface area (TPSA) is 169 Å². The number of aliphatic hydroxyl groups is 1. The van der Waals surface area contributed by atoms with E-state index in [1.165, 1.54) is 0 Å². The third-order valence-corrected chi connectivity index (χ3v) is 6.72. The molecular weight excluding hydrogens is 601 g/mol. The zero-order valence-corrected chi connectivity index (χ0v) is 27.5. The Bertz CT molecular complexity index is 1050. The molecule has 254 valence electrons. The maximum atomic E-state index is 12.1. The molecule has 0 aromatic heterocycles. The van der Waals surface area contributed by atoms with Crippen molar-refractivity contribution in [2.24, 2.45) is 0 Å². The van der Waals surface area contributed by atoms with Crippen molar-refractivity contribution in [3.63, 3.8) is 0 Å². The van der Waals surface area contributed by atoms with Gasteiger partial charge >= 0.3 is 19.8 Å². The highest BCUT2D eigenvalue weighted by Gasteiger charge is 2.28. The number of aliphatic hydroxyl groups excluding tert-OH is 1. The van der Waals surface area contributed by atoms with Crippen molar-refractivity contribution in [3.8, 4) is 0 Å². The molecule has 0 saturated heterocycles. The predicted molar refractivity (Wildman–Crippen MR) is 175 cm³/mol. The van der Waals surface area contributed by atoms with E-state index in [9.17, 15) is 34.1 Å². The SMILES string of the molecule is CC/C=C\C/C=C\C/C=C\C/C=C\C/C=C\C/C=C\CCC(=O)NC(COP(=O)(O)OCC(O)COC(=O)CCCC)C(=O)O. The minimum absolute atomic E-state index is 0.0163. The van der Waals surface area contributed by atoms with Gasteiger partial charge in [0.15, 0.2) is 6.04 Å². The Hall–Kier alpha value is -3.08. The molecule has 45 heavy (non-hydrogen) atoms. The summed E-state index contributed by atoms with van der Waals surface area (Å²) in [6, 6.07) is -1.59. The summed E-state index contributed by atoms with van der Waals surface area (Å²) >= 11 is 0. The number of esters is 1. The first-order chi connectivity index (χ1) is 21.6. The van der Waals surface area contributed by atoms with Crippen LogP contribution in [0.25, 0.3) is 0 Å². The van der Waals surface area contributed by atoms with Crippen LogP contribution in [0.3, 0.4) is 0 Å². The molecule has 0 bridgehead atoms. The van der Waals surface area contributed by atoms with E-state index in [2.05, 4.69) is 76.0 Å². The highest BCUT2D eigenvalue weighted by atomic mass is 31.2. The standard InChI is InChI=1S/C33H52NO10P/c1-3-5-7-8-9-10-11-12-13-14-15-16-17-18-19-20-21-22-23-24-31(36)34-30(33(38)39)28-44-45(40,41)43-27-29(35)26-42-32(37)25-6-4-2/h5,7,9-10,12-13,15-16,18-19,21-22,29-30,35H,3-4,6,8,11,14,17,20,23-28H2,1-2H3,(H,34,36)(H,38,39)(H,40,41)/b7-5-,10-9-,13-12-,16-15-,19-18-,22-21-. The highest BCUT2D eigenvalue weighted by Crippen LogP contribution is 2.43. The molecular formula is C33H52NO10P. The van der Waals surface area contributed by atoms with Gasteiger partial charge in [0.1, 0.15) is 12.7 Å². The number of phosphoric ester groups is 1. The van der Waals surface area contributed by atoms with Crippen LogP contribution in [0.4, 0.5) is 0 Å². The van der Waals surface area contributed by atoms with Gasteiger partial charge in [-0.1, -0.05) is 93.2 Å². The quantitative estimate of drug-likeness (QED) is 0.0451. The first kappa shape index (κ1) is 41.9.